The Morgan fingerprint density at radius 2 is 2.00 bits per heavy atom. The van der Waals surface area contributed by atoms with E-state index in [9.17, 15) is 8.42 Å². The standard InChI is InChI=1S/C13H16ClNO3S/c1-13(2,3)9-4-5-12-10(8-9)11(15-18-12)6-7-19(14,16)17/h4-5,8H,6-7H2,1-3H3. The Labute approximate surface area is 117 Å². The summed E-state index contributed by atoms with van der Waals surface area (Å²) in [7, 11) is 1.70. The molecule has 0 unspecified atom stereocenters. The lowest BCUT2D eigenvalue weighted by atomic mass is 9.86. The predicted octanol–water partition coefficient (Wildman–Crippen LogP) is 3.24. The SMILES string of the molecule is CC(C)(C)c1ccc2onc(CCS(=O)(=O)Cl)c2c1. The van der Waals surface area contributed by atoms with Crippen molar-refractivity contribution < 1.29 is 12.9 Å². The molecule has 1 aromatic heterocycles. The van der Waals surface area contributed by atoms with E-state index in [0.29, 0.717) is 11.3 Å². The van der Waals surface area contributed by atoms with Crippen molar-refractivity contribution >= 4 is 30.7 Å². The van der Waals surface area contributed by atoms with Gasteiger partial charge in [-0.2, -0.15) is 0 Å². The van der Waals surface area contributed by atoms with E-state index in [0.717, 1.165) is 10.9 Å². The second kappa shape index (κ2) is 4.80. The van der Waals surface area contributed by atoms with Crippen molar-refractivity contribution in [1.29, 1.82) is 0 Å². The van der Waals surface area contributed by atoms with E-state index in [2.05, 4.69) is 25.9 Å². The Bertz CT molecular complexity index is 698. The normalized spacial score (nSPS) is 13.1. The van der Waals surface area contributed by atoms with Crippen molar-refractivity contribution in [2.24, 2.45) is 0 Å². The molecule has 0 saturated carbocycles. The van der Waals surface area contributed by atoms with Crippen LogP contribution in [0.1, 0.15) is 32.0 Å². The number of aromatic nitrogens is 1. The zero-order valence-corrected chi connectivity index (χ0v) is 12.7. The quantitative estimate of drug-likeness (QED) is 0.817. The Morgan fingerprint density at radius 1 is 1.32 bits per heavy atom. The minimum Gasteiger partial charge on any atom is -0.356 e. The lowest BCUT2D eigenvalue weighted by Gasteiger charge is -2.18. The van der Waals surface area contributed by atoms with Crippen molar-refractivity contribution in [2.45, 2.75) is 32.6 Å². The molecule has 0 aliphatic heterocycles. The molecule has 2 rings (SSSR count). The van der Waals surface area contributed by atoms with Gasteiger partial charge in [-0.15, -0.1) is 0 Å². The molecule has 0 saturated heterocycles. The number of benzene rings is 1. The predicted molar refractivity (Wildman–Crippen MR) is 76.1 cm³/mol. The monoisotopic (exact) mass is 301 g/mol. The van der Waals surface area contributed by atoms with Gasteiger partial charge in [-0.1, -0.05) is 32.0 Å². The Balaban J connectivity index is 2.40. The summed E-state index contributed by atoms with van der Waals surface area (Å²) in [6.45, 7) is 6.35. The highest BCUT2D eigenvalue weighted by Crippen LogP contribution is 2.28. The minimum absolute atomic E-state index is 0.0152. The van der Waals surface area contributed by atoms with Gasteiger partial charge in [-0.3, -0.25) is 0 Å². The van der Waals surface area contributed by atoms with Crippen LogP contribution in [0.2, 0.25) is 0 Å². The Hall–Kier alpha value is -1.07. The van der Waals surface area contributed by atoms with Gasteiger partial charge in [-0.05, 0) is 23.1 Å². The molecule has 0 bridgehead atoms. The van der Waals surface area contributed by atoms with Crippen LogP contribution >= 0.6 is 10.7 Å². The number of hydrogen-bond donors (Lipinski definition) is 0. The van der Waals surface area contributed by atoms with E-state index in [-0.39, 0.29) is 17.6 Å². The first-order chi connectivity index (χ1) is 8.67. The maximum Gasteiger partial charge on any atom is 0.232 e. The van der Waals surface area contributed by atoms with Crippen molar-refractivity contribution in [3.05, 3.63) is 29.5 Å². The molecule has 19 heavy (non-hydrogen) atoms. The first kappa shape index (κ1) is 14.3. The number of fused-ring (bicyclic) bond motifs is 1. The number of halogens is 1. The second-order valence-corrected chi connectivity index (χ2v) is 8.48. The number of hydrogen-bond acceptors (Lipinski definition) is 4. The first-order valence-electron chi connectivity index (χ1n) is 5.98. The molecular weight excluding hydrogens is 286 g/mol. The zero-order valence-electron chi connectivity index (χ0n) is 11.1. The Morgan fingerprint density at radius 3 is 2.58 bits per heavy atom. The van der Waals surface area contributed by atoms with Gasteiger partial charge < -0.3 is 4.52 Å². The van der Waals surface area contributed by atoms with Gasteiger partial charge >= 0.3 is 0 Å². The van der Waals surface area contributed by atoms with Crippen LogP contribution in [0, 0.1) is 0 Å². The fourth-order valence-electron chi connectivity index (χ4n) is 1.85. The first-order valence-corrected chi connectivity index (χ1v) is 8.46. The van der Waals surface area contributed by atoms with Crippen LogP contribution in [0.15, 0.2) is 22.7 Å². The van der Waals surface area contributed by atoms with E-state index in [1.165, 1.54) is 0 Å². The highest BCUT2D eigenvalue weighted by molar-refractivity contribution is 8.13. The van der Waals surface area contributed by atoms with Crippen molar-refractivity contribution in [2.75, 3.05) is 5.75 Å². The van der Waals surface area contributed by atoms with Crippen LogP contribution in [-0.4, -0.2) is 19.3 Å². The number of aryl methyl sites for hydroxylation is 1. The van der Waals surface area contributed by atoms with Crippen LogP contribution in [0.5, 0.6) is 0 Å². The number of rotatable bonds is 3. The summed E-state index contributed by atoms with van der Waals surface area (Å²) in [4.78, 5) is 0. The van der Waals surface area contributed by atoms with Crippen LogP contribution in [-0.2, 0) is 20.9 Å². The van der Waals surface area contributed by atoms with E-state index in [4.69, 9.17) is 15.2 Å². The molecule has 104 valence electrons. The topological polar surface area (TPSA) is 60.2 Å². The van der Waals surface area contributed by atoms with Gasteiger partial charge in [0.05, 0.1) is 11.4 Å². The molecule has 2 aromatic rings. The molecule has 0 atom stereocenters. The summed E-state index contributed by atoms with van der Waals surface area (Å²) in [6, 6.07) is 5.86. The van der Waals surface area contributed by atoms with Gasteiger partial charge in [-0.25, -0.2) is 8.42 Å². The number of nitrogens with zero attached hydrogens (tertiary/aromatic N) is 1. The molecule has 0 aliphatic rings. The fraction of sp³-hybridized carbons (Fsp3) is 0.462. The molecule has 0 amide bonds. The van der Waals surface area contributed by atoms with Gasteiger partial charge in [0.2, 0.25) is 9.05 Å². The summed E-state index contributed by atoms with van der Waals surface area (Å²) in [6.07, 6.45) is 0.256. The molecule has 0 N–H and O–H groups in total. The van der Waals surface area contributed by atoms with Crippen LogP contribution in [0.25, 0.3) is 11.0 Å². The van der Waals surface area contributed by atoms with Gasteiger partial charge in [0, 0.05) is 22.5 Å². The average molecular weight is 302 g/mol. The lowest BCUT2D eigenvalue weighted by molar-refractivity contribution is 0.447. The average Bonchev–Trinajstić information content (AvgIpc) is 2.66. The molecule has 0 radical (unpaired) electrons. The highest BCUT2D eigenvalue weighted by Gasteiger charge is 2.17. The maximum atomic E-state index is 11.0. The highest BCUT2D eigenvalue weighted by atomic mass is 35.7. The molecular formula is C13H16ClNO3S. The van der Waals surface area contributed by atoms with E-state index in [1.807, 2.05) is 18.2 Å². The smallest absolute Gasteiger partial charge is 0.232 e. The molecule has 1 heterocycles. The van der Waals surface area contributed by atoms with E-state index < -0.39 is 9.05 Å². The van der Waals surface area contributed by atoms with Crippen LogP contribution in [0.3, 0.4) is 0 Å². The van der Waals surface area contributed by atoms with E-state index in [1.54, 1.807) is 0 Å². The van der Waals surface area contributed by atoms with Crippen molar-refractivity contribution in [1.82, 2.24) is 5.16 Å². The van der Waals surface area contributed by atoms with Crippen LogP contribution < -0.4 is 0 Å². The maximum absolute atomic E-state index is 11.0. The third-order valence-electron chi connectivity index (χ3n) is 2.99. The van der Waals surface area contributed by atoms with Crippen molar-refractivity contribution in [3.8, 4) is 0 Å². The zero-order chi connectivity index (χ0) is 14.3. The minimum atomic E-state index is -3.52. The molecule has 0 aliphatic carbocycles. The van der Waals surface area contributed by atoms with E-state index >= 15 is 0 Å². The van der Waals surface area contributed by atoms with Crippen molar-refractivity contribution in [3.63, 3.8) is 0 Å². The summed E-state index contributed by atoms with van der Waals surface area (Å²) >= 11 is 0. The fourth-order valence-corrected chi connectivity index (χ4v) is 2.52. The summed E-state index contributed by atoms with van der Waals surface area (Å²) in [5.74, 6) is -0.143. The summed E-state index contributed by atoms with van der Waals surface area (Å²) in [5.41, 5.74) is 2.46. The molecule has 6 heteroatoms. The van der Waals surface area contributed by atoms with Gasteiger partial charge in [0.25, 0.3) is 0 Å². The lowest BCUT2D eigenvalue weighted by Crippen LogP contribution is -2.10. The molecule has 4 nitrogen and oxygen atoms in total. The second-order valence-electron chi connectivity index (χ2n) is 5.58. The van der Waals surface area contributed by atoms with Gasteiger partial charge in [0.15, 0.2) is 5.58 Å². The van der Waals surface area contributed by atoms with Gasteiger partial charge in [0.1, 0.15) is 0 Å². The summed E-state index contributed by atoms with van der Waals surface area (Å²) in [5, 5.41) is 4.78. The largest absolute Gasteiger partial charge is 0.356 e. The molecule has 0 fully saturated rings. The third kappa shape index (κ3) is 3.48. The molecule has 0 spiro atoms. The Kier molecular flexibility index (Phi) is 3.62. The summed E-state index contributed by atoms with van der Waals surface area (Å²) < 4.78 is 27.2. The van der Waals surface area contributed by atoms with Crippen LogP contribution in [0.4, 0.5) is 0 Å². The third-order valence-corrected chi connectivity index (χ3v) is 4.15. The molecule has 1 aromatic carbocycles.